The highest BCUT2D eigenvalue weighted by atomic mass is 19.1. The van der Waals surface area contributed by atoms with Gasteiger partial charge in [-0.15, -0.1) is 0 Å². The second-order valence-electron chi connectivity index (χ2n) is 7.00. The van der Waals surface area contributed by atoms with Gasteiger partial charge in [0.2, 0.25) is 5.91 Å². The predicted octanol–water partition coefficient (Wildman–Crippen LogP) is 4.02. The van der Waals surface area contributed by atoms with Gasteiger partial charge in [0, 0.05) is 19.0 Å². The largest absolute Gasteiger partial charge is 0.475 e. The first-order chi connectivity index (χ1) is 14.2. The number of carbonyl (C=O) groups excluding carboxylic acids is 1. The zero-order chi connectivity index (χ0) is 20.2. The molecule has 0 radical (unpaired) electrons. The van der Waals surface area contributed by atoms with Crippen LogP contribution in [0.4, 0.5) is 15.9 Å². The SMILES string of the molecule is CCOc1nc2ccccc2nc1N1CCC(C(=O)Nc2ccccc2F)CC1. The third-order valence-corrected chi connectivity index (χ3v) is 5.10. The van der Waals surface area contributed by atoms with Gasteiger partial charge in [-0.05, 0) is 44.0 Å². The van der Waals surface area contributed by atoms with Gasteiger partial charge in [0.1, 0.15) is 5.82 Å². The van der Waals surface area contributed by atoms with Crippen molar-refractivity contribution in [2.24, 2.45) is 5.92 Å². The molecule has 6 nitrogen and oxygen atoms in total. The quantitative estimate of drug-likeness (QED) is 0.708. The molecule has 4 rings (SSSR count). The van der Waals surface area contributed by atoms with E-state index in [1.54, 1.807) is 18.2 Å². The minimum absolute atomic E-state index is 0.149. The summed E-state index contributed by atoms with van der Waals surface area (Å²) in [5.41, 5.74) is 1.82. The van der Waals surface area contributed by atoms with E-state index in [0.717, 1.165) is 11.0 Å². The number of hydrogen-bond donors (Lipinski definition) is 1. The normalized spacial score (nSPS) is 14.8. The Balaban J connectivity index is 1.47. The summed E-state index contributed by atoms with van der Waals surface area (Å²) in [6.07, 6.45) is 1.31. The molecular formula is C22H23FN4O2. The molecule has 29 heavy (non-hydrogen) atoms. The molecule has 1 aromatic heterocycles. The number of anilines is 2. The number of halogens is 1. The highest BCUT2D eigenvalue weighted by Crippen LogP contribution is 2.31. The second kappa shape index (κ2) is 8.43. The Hall–Kier alpha value is -3.22. The summed E-state index contributed by atoms with van der Waals surface area (Å²) in [6, 6.07) is 13.9. The van der Waals surface area contributed by atoms with Gasteiger partial charge < -0.3 is 15.0 Å². The third kappa shape index (κ3) is 4.13. The van der Waals surface area contributed by atoms with Crippen molar-refractivity contribution in [3.05, 3.63) is 54.3 Å². The van der Waals surface area contributed by atoms with Crippen molar-refractivity contribution in [2.45, 2.75) is 19.8 Å². The summed E-state index contributed by atoms with van der Waals surface area (Å²) < 4.78 is 19.5. The fourth-order valence-electron chi connectivity index (χ4n) is 3.56. The highest BCUT2D eigenvalue weighted by molar-refractivity contribution is 5.92. The zero-order valence-corrected chi connectivity index (χ0v) is 16.3. The van der Waals surface area contributed by atoms with Crippen molar-refractivity contribution in [3.8, 4) is 5.88 Å². The number of nitrogens with one attached hydrogen (secondary N) is 1. The van der Waals surface area contributed by atoms with Gasteiger partial charge in [0.05, 0.1) is 23.3 Å². The van der Waals surface area contributed by atoms with E-state index in [9.17, 15) is 9.18 Å². The number of fused-ring (bicyclic) bond motifs is 1. The van der Waals surface area contributed by atoms with Gasteiger partial charge >= 0.3 is 0 Å². The topological polar surface area (TPSA) is 67.4 Å². The van der Waals surface area contributed by atoms with Crippen molar-refractivity contribution in [1.29, 1.82) is 0 Å². The molecule has 0 atom stereocenters. The number of rotatable bonds is 5. The summed E-state index contributed by atoms with van der Waals surface area (Å²) in [6.45, 7) is 3.73. The van der Waals surface area contributed by atoms with Gasteiger partial charge in [-0.2, -0.15) is 0 Å². The lowest BCUT2D eigenvalue weighted by Crippen LogP contribution is -2.39. The molecule has 1 fully saturated rings. The summed E-state index contributed by atoms with van der Waals surface area (Å²) in [5.74, 6) is 0.476. The number of nitrogens with zero attached hydrogens (tertiary/aromatic N) is 3. The first-order valence-electron chi connectivity index (χ1n) is 9.85. The number of benzene rings is 2. The standard InChI is InChI=1S/C22H23FN4O2/c1-2-29-22-20(24-18-9-5-6-10-19(18)26-22)27-13-11-15(12-14-27)21(28)25-17-8-4-3-7-16(17)23/h3-10,15H,2,11-14H2,1H3,(H,25,28). The Morgan fingerprint density at radius 3 is 2.45 bits per heavy atom. The van der Waals surface area contributed by atoms with E-state index in [2.05, 4.69) is 15.2 Å². The molecular weight excluding hydrogens is 371 g/mol. The van der Waals surface area contributed by atoms with Gasteiger partial charge in [0.15, 0.2) is 5.82 Å². The maximum absolute atomic E-state index is 13.8. The summed E-state index contributed by atoms with van der Waals surface area (Å²) in [5, 5.41) is 2.71. The molecule has 2 aromatic carbocycles. The van der Waals surface area contributed by atoms with E-state index in [4.69, 9.17) is 9.72 Å². The highest BCUT2D eigenvalue weighted by Gasteiger charge is 2.28. The van der Waals surface area contributed by atoms with Crippen LogP contribution in [-0.2, 0) is 4.79 Å². The number of amides is 1. The van der Waals surface area contributed by atoms with Crippen LogP contribution in [0.5, 0.6) is 5.88 Å². The van der Waals surface area contributed by atoms with Crippen LogP contribution in [0.15, 0.2) is 48.5 Å². The molecule has 7 heteroatoms. The second-order valence-corrected chi connectivity index (χ2v) is 7.00. The van der Waals surface area contributed by atoms with Gasteiger partial charge in [-0.3, -0.25) is 4.79 Å². The van der Waals surface area contributed by atoms with Crippen molar-refractivity contribution < 1.29 is 13.9 Å². The monoisotopic (exact) mass is 394 g/mol. The van der Waals surface area contributed by atoms with E-state index >= 15 is 0 Å². The average molecular weight is 394 g/mol. The first-order valence-corrected chi connectivity index (χ1v) is 9.85. The van der Waals surface area contributed by atoms with Gasteiger partial charge in [0.25, 0.3) is 5.88 Å². The molecule has 0 unspecified atom stereocenters. The minimum atomic E-state index is -0.425. The fraction of sp³-hybridized carbons (Fsp3) is 0.318. The summed E-state index contributed by atoms with van der Waals surface area (Å²) in [7, 11) is 0. The minimum Gasteiger partial charge on any atom is -0.475 e. The number of hydrogen-bond acceptors (Lipinski definition) is 5. The molecule has 1 N–H and O–H groups in total. The molecule has 0 saturated carbocycles. The van der Waals surface area contributed by atoms with E-state index in [0.29, 0.717) is 44.2 Å². The Morgan fingerprint density at radius 2 is 1.76 bits per heavy atom. The molecule has 1 aliphatic heterocycles. The fourth-order valence-corrected chi connectivity index (χ4v) is 3.56. The molecule has 150 valence electrons. The molecule has 0 aliphatic carbocycles. The predicted molar refractivity (Wildman–Crippen MR) is 111 cm³/mol. The van der Waals surface area contributed by atoms with Crippen LogP contribution in [0.1, 0.15) is 19.8 Å². The average Bonchev–Trinajstić information content (AvgIpc) is 2.75. The van der Waals surface area contributed by atoms with Gasteiger partial charge in [-0.25, -0.2) is 14.4 Å². The number of ether oxygens (including phenoxy) is 1. The van der Waals surface area contributed by atoms with Crippen LogP contribution < -0.4 is 15.0 Å². The van der Waals surface area contributed by atoms with Gasteiger partial charge in [-0.1, -0.05) is 24.3 Å². The van der Waals surface area contributed by atoms with Crippen molar-refractivity contribution in [1.82, 2.24) is 9.97 Å². The summed E-state index contributed by atoms with van der Waals surface area (Å²) in [4.78, 5) is 24.0. The van der Waals surface area contributed by atoms with E-state index in [1.807, 2.05) is 31.2 Å². The number of para-hydroxylation sites is 3. The van der Waals surface area contributed by atoms with Crippen LogP contribution in [0.3, 0.4) is 0 Å². The molecule has 2 heterocycles. The van der Waals surface area contributed by atoms with Crippen LogP contribution in [0.25, 0.3) is 11.0 Å². The Bertz CT molecular complexity index is 1020. The van der Waals surface area contributed by atoms with Crippen molar-refractivity contribution >= 4 is 28.4 Å². The van der Waals surface area contributed by atoms with E-state index in [-0.39, 0.29) is 17.5 Å². The van der Waals surface area contributed by atoms with Crippen LogP contribution >= 0.6 is 0 Å². The van der Waals surface area contributed by atoms with Crippen LogP contribution in [0.2, 0.25) is 0 Å². The molecule has 1 aliphatic rings. The smallest absolute Gasteiger partial charge is 0.258 e. The zero-order valence-electron chi connectivity index (χ0n) is 16.3. The van der Waals surface area contributed by atoms with Crippen molar-refractivity contribution in [2.75, 3.05) is 29.9 Å². The van der Waals surface area contributed by atoms with E-state index in [1.165, 1.54) is 6.07 Å². The Labute approximate surface area is 168 Å². The molecule has 0 spiro atoms. The lowest BCUT2D eigenvalue weighted by molar-refractivity contribution is -0.120. The van der Waals surface area contributed by atoms with E-state index < -0.39 is 5.82 Å². The maximum atomic E-state index is 13.8. The number of carbonyl (C=O) groups is 1. The van der Waals surface area contributed by atoms with Crippen LogP contribution in [0, 0.1) is 11.7 Å². The molecule has 1 amide bonds. The number of piperidine rings is 1. The van der Waals surface area contributed by atoms with Crippen LogP contribution in [-0.4, -0.2) is 35.6 Å². The Morgan fingerprint density at radius 1 is 1.10 bits per heavy atom. The lowest BCUT2D eigenvalue weighted by Gasteiger charge is -2.32. The molecule has 3 aromatic rings. The first kappa shape index (κ1) is 19.1. The Kier molecular flexibility index (Phi) is 5.55. The third-order valence-electron chi connectivity index (χ3n) is 5.10. The number of aromatic nitrogens is 2. The molecule has 0 bridgehead atoms. The lowest BCUT2D eigenvalue weighted by atomic mass is 9.95. The summed E-state index contributed by atoms with van der Waals surface area (Å²) >= 11 is 0. The molecule has 1 saturated heterocycles. The maximum Gasteiger partial charge on any atom is 0.258 e. The van der Waals surface area contributed by atoms with Crippen molar-refractivity contribution in [3.63, 3.8) is 0 Å².